The van der Waals surface area contributed by atoms with Crippen LogP contribution in [0.15, 0.2) is 18.2 Å². The number of alkyl halides is 3. The van der Waals surface area contributed by atoms with Crippen molar-refractivity contribution in [1.29, 1.82) is 0 Å². The minimum Gasteiger partial charge on any atom is -0.496 e. The lowest BCUT2D eigenvalue weighted by Gasteiger charge is -2.27. The summed E-state index contributed by atoms with van der Waals surface area (Å²) in [6.45, 7) is 1.71. The molecule has 0 saturated heterocycles. The number of halogens is 3. The second kappa shape index (κ2) is 9.81. The Morgan fingerprint density at radius 2 is 2.04 bits per heavy atom. The van der Waals surface area contributed by atoms with Crippen molar-refractivity contribution in [2.75, 3.05) is 19.0 Å². The second-order valence-corrected chi connectivity index (χ2v) is 7.36. The molecule has 13 heteroatoms. The molecule has 0 saturated carbocycles. The van der Waals surface area contributed by atoms with Crippen molar-refractivity contribution in [1.82, 2.24) is 10.6 Å². The zero-order valence-electron chi connectivity index (χ0n) is 13.5. The first-order valence-corrected chi connectivity index (χ1v) is 8.52. The minimum absolute atomic E-state index is 0.0764. The fourth-order valence-corrected chi connectivity index (χ4v) is 2.23. The van der Waals surface area contributed by atoms with Crippen molar-refractivity contribution in [3.05, 3.63) is 28.3 Å². The van der Waals surface area contributed by atoms with Crippen molar-refractivity contribution in [3.8, 4) is 5.75 Å². The van der Waals surface area contributed by atoms with Crippen LogP contribution in [0.5, 0.6) is 5.75 Å². The summed E-state index contributed by atoms with van der Waals surface area (Å²) in [5.41, 5.74) is -0.204. The van der Waals surface area contributed by atoms with E-state index in [1.165, 1.54) is 25.3 Å². The Hall–Kier alpha value is -1.75. The van der Waals surface area contributed by atoms with Gasteiger partial charge in [0.2, 0.25) is 3.79 Å². The third kappa shape index (κ3) is 6.87. The van der Waals surface area contributed by atoms with E-state index >= 15 is 0 Å². The molecule has 0 aliphatic carbocycles. The maximum absolute atomic E-state index is 11.5. The number of benzene rings is 1. The van der Waals surface area contributed by atoms with Gasteiger partial charge in [-0.3, -0.25) is 15.4 Å². The van der Waals surface area contributed by atoms with Gasteiger partial charge in [-0.05, 0) is 31.3 Å². The molecule has 1 rings (SSSR count). The van der Waals surface area contributed by atoms with Gasteiger partial charge < -0.3 is 20.1 Å². The Morgan fingerprint density at radius 3 is 2.54 bits per heavy atom. The van der Waals surface area contributed by atoms with Crippen molar-refractivity contribution in [2.24, 2.45) is 0 Å². The van der Waals surface area contributed by atoms with Crippen LogP contribution in [0.1, 0.15) is 6.92 Å². The number of thiocarbonyl (C=S) groups is 1. The van der Waals surface area contributed by atoms with Gasteiger partial charge in [-0.2, -0.15) is 0 Å². The highest BCUT2D eigenvalue weighted by atomic mass is 35.6. The van der Waals surface area contributed by atoms with Gasteiger partial charge in [-0.25, -0.2) is 4.79 Å². The first kappa shape index (κ1) is 22.3. The molecule has 3 N–H and O–H groups in total. The number of nitro benzene ring substituents is 1. The third-order valence-electron chi connectivity index (χ3n) is 2.79. The molecule has 0 aromatic heterocycles. The largest absolute Gasteiger partial charge is 0.496 e. The standard InChI is InChI=1S/C13H15Cl3N4O5S/c1-3-25-12(21)19-10(13(14,15)16)18-11(26)17-8-5-4-7(24-2)6-9(8)20(22)23/h4-6,10H,3H2,1-2H3,(H,19,21)(H2,17,18,26)/t10-/m1/s1. The maximum Gasteiger partial charge on any atom is 0.408 e. The predicted octanol–water partition coefficient (Wildman–Crippen LogP) is 3.33. The highest BCUT2D eigenvalue weighted by Gasteiger charge is 2.35. The number of alkyl carbamates (subject to hydrolysis) is 1. The molecular formula is C13H15Cl3N4O5S. The van der Waals surface area contributed by atoms with Crippen LogP contribution in [0, 0.1) is 10.1 Å². The number of hydrogen-bond acceptors (Lipinski definition) is 6. The monoisotopic (exact) mass is 444 g/mol. The average molecular weight is 446 g/mol. The number of hydrogen-bond donors (Lipinski definition) is 3. The van der Waals surface area contributed by atoms with Crippen molar-refractivity contribution >= 4 is 69.6 Å². The number of anilines is 1. The number of nitrogens with zero attached hydrogens (tertiary/aromatic N) is 1. The summed E-state index contributed by atoms with van der Waals surface area (Å²) in [6.07, 6.45) is -2.10. The summed E-state index contributed by atoms with van der Waals surface area (Å²) in [4.78, 5) is 22.1. The van der Waals surface area contributed by atoms with Crippen molar-refractivity contribution < 1.29 is 19.2 Å². The zero-order chi connectivity index (χ0) is 19.9. The van der Waals surface area contributed by atoms with Gasteiger partial charge in [-0.1, -0.05) is 34.8 Å². The fraction of sp³-hybridized carbons (Fsp3) is 0.385. The number of methoxy groups -OCH3 is 1. The van der Waals surface area contributed by atoms with E-state index in [0.29, 0.717) is 5.75 Å². The SMILES string of the molecule is CCOC(=O)N[C@@H](NC(=S)Nc1ccc(OC)cc1[N+](=O)[O-])C(Cl)(Cl)Cl. The minimum atomic E-state index is -1.98. The van der Waals surface area contributed by atoms with E-state index in [0.717, 1.165) is 0 Å². The highest BCUT2D eigenvalue weighted by Crippen LogP contribution is 2.30. The summed E-state index contributed by atoms with van der Waals surface area (Å²) >= 11 is 22.5. The highest BCUT2D eigenvalue weighted by molar-refractivity contribution is 7.80. The third-order valence-corrected chi connectivity index (χ3v) is 3.66. The van der Waals surface area contributed by atoms with Gasteiger partial charge in [0.1, 0.15) is 11.4 Å². The normalized spacial score (nSPS) is 11.9. The van der Waals surface area contributed by atoms with E-state index in [1.807, 2.05) is 0 Å². The molecule has 0 unspecified atom stereocenters. The van der Waals surface area contributed by atoms with E-state index in [4.69, 9.17) is 56.5 Å². The first-order valence-electron chi connectivity index (χ1n) is 6.98. The lowest BCUT2D eigenvalue weighted by atomic mass is 10.2. The van der Waals surface area contributed by atoms with Crippen LogP contribution in [-0.4, -0.2) is 39.8 Å². The molecule has 1 aromatic carbocycles. The van der Waals surface area contributed by atoms with Crippen molar-refractivity contribution in [2.45, 2.75) is 16.9 Å². The molecule has 1 aromatic rings. The molecule has 0 heterocycles. The van der Waals surface area contributed by atoms with Crippen LogP contribution in [0.25, 0.3) is 0 Å². The molecule has 0 radical (unpaired) electrons. The Morgan fingerprint density at radius 1 is 1.38 bits per heavy atom. The van der Waals surface area contributed by atoms with Crippen molar-refractivity contribution in [3.63, 3.8) is 0 Å². The molecule has 26 heavy (non-hydrogen) atoms. The quantitative estimate of drug-likeness (QED) is 0.201. The molecule has 144 valence electrons. The lowest BCUT2D eigenvalue weighted by Crippen LogP contribution is -2.56. The summed E-state index contributed by atoms with van der Waals surface area (Å²) in [7, 11) is 1.38. The van der Waals surface area contributed by atoms with Gasteiger partial charge >= 0.3 is 6.09 Å². The van der Waals surface area contributed by atoms with Crippen LogP contribution < -0.4 is 20.7 Å². The average Bonchev–Trinajstić information content (AvgIpc) is 2.53. The number of rotatable bonds is 6. The smallest absolute Gasteiger partial charge is 0.408 e. The number of carbonyl (C=O) groups is 1. The number of nitro groups is 1. The molecule has 0 aliphatic heterocycles. The maximum atomic E-state index is 11.5. The van der Waals surface area contributed by atoms with E-state index in [9.17, 15) is 14.9 Å². The number of ether oxygens (including phenoxy) is 2. The zero-order valence-corrected chi connectivity index (χ0v) is 16.6. The summed E-state index contributed by atoms with van der Waals surface area (Å²) in [5, 5.41) is 18.5. The Kier molecular flexibility index (Phi) is 8.41. The van der Waals surface area contributed by atoms with E-state index < -0.39 is 21.0 Å². The first-order chi connectivity index (χ1) is 12.1. The molecule has 1 amide bonds. The van der Waals surface area contributed by atoms with Crippen LogP contribution in [0.3, 0.4) is 0 Å². The van der Waals surface area contributed by atoms with Gasteiger partial charge in [0, 0.05) is 0 Å². The van der Waals surface area contributed by atoms with Gasteiger partial charge in [0.25, 0.3) is 5.69 Å². The van der Waals surface area contributed by atoms with Crippen LogP contribution >= 0.6 is 47.0 Å². The second-order valence-electron chi connectivity index (χ2n) is 4.58. The molecule has 0 spiro atoms. The van der Waals surface area contributed by atoms with Gasteiger partial charge in [0.15, 0.2) is 11.3 Å². The molecule has 0 fully saturated rings. The van der Waals surface area contributed by atoms with Crippen LogP contribution in [-0.2, 0) is 4.74 Å². The van der Waals surface area contributed by atoms with Gasteiger partial charge in [-0.15, -0.1) is 0 Å². The topological polar surface area (TPSA) is 115 Å². The predicted molar refractivity (Wildman–Crippen MR) is 103 cm³/mol. The Labute approximate surface area is 169 Å². The molecular weight excluding hydrogens is 431 g/mol. The number of nitrogens with one attached hydrogen (secondary N) is 3. The molecule has 9 nitrogen and oxygen atoms in total. The van der Waals surface area contributed by atoms with E-state index in [-0.39, 0.29) is 23.1 Å². The van der Waals surface area contributed by atoms with Crippen LogP contribution in [0.4, 0.5) is 16.2 Å². The Bertz CT molecular complexity index is 686. The summed E-state index contributed by atoms with van der Waals surface area (Å²) in [6, 6.07) is 4.11. The number of amides is 1. The van der Waals surface area contributed by atoms with E-state index in [1.54, 1.807) is 6.92 Å². The van der Waals surface area contributed by atoms with Gasteiger partial charge in [0.05, 0.1) is 24.7 Å². The molecule has 0 aliphatic rings. The fourth-order valence-electron chi connectivity index (χ4n) is 1.68. The Balaban J connectivity index is 2.91. The molecule has 1 atom stereocenters. The number of carbonyl (C=O) groups excluding carboxylic acids is 1. The van der Waals surface area contributed by atoms with Crippen LogP contribution in [0.2, 0.25) is 0 Å². The summed E-state index contributed by atoms with van der Waals surface area (Å²) < 4.78 is 7.68. The molecule has 0 bridgehead atoms. The lowest BCUT2D eigenvalue weighted by molar-refractivity contribution is -0.384. The summed E-state index contributed by atoms with van der Waals surface area (Å²) in [5.74, 6) is 0.296. The van der Waals surface area contributed by atoms with E-state index in [2.05, 4.69) is 16.0 Å².